The number of carbonyl (C=O) groups is 1. The van der Waals surface area contributed by atoms with E-state index in [-0.39, 0.29) is 12.4 Å². The molecule has 0 bridgehead atoms. The van der Waals surface area contributed by atoms with Gasteiger partial charge >= 0.3 is 5.97 Å². The van der Waals surface area contributed by atoms with Crippen molar-refractivity contribution >= 4 is 5.97 Å². The first-order chi connectivity index (χ1) is 5.70. The zero-order valence-corrected chi connectivity index (χ0v) is 6.56. The van der Waals surface area contributed by atoms with E-state index in [0.29, 0.717) is 11.1 Å². The third-order valence-corrected chi connectivity index (χ3v) is 2.02. The Morgan fingerprint density at radius 1 is 1.50 bits per heavy atom. The van der Waals surface area contributed by atoms with E-state index in [1.807, 2.05) is 0 Å². The predicted octanol–water partition coefficient (Wildman–Crippen LogP) is 1.80. The molecule has 1 aromatic rings. The maximum absolute atomic E-state index is 13.0. The van der Waals surface area contributed by atoms with Crippen LogP contribution in [0.3, 0.4) is 0 Å². The van der Waals surface area contributed by atoms with Crippen LogP contribution in [-0.2, 0) is 11.3 Å². The van der Waals surface area contributed by atoms with E-state index in [9.17, 15) is 9.18 Å². The maximum atomic E-state index is 13.0. The quantitative estimate of drug-likeness (QED) is 0.549. The van der Waals surface area contributed by atoms with Gasteiger partial charge in [0.05, 0.1) is 5.56 Å². The predicted molar refractivity (Wildman–Crippen MR) is 40.3 cm³/mol. The van der Waals surface area contributed by atoms with Crippen LogP contribution in [0.5, 0.6) is 0 Å². The van der Waals surface area contributed by atoms with E-state index >= 15 is 0 Å². The highest BCUT2D eigenvalue weighted by atomic mass is 19.1. The van der Waals surface area contributed by atoms with E-state index < -0.39 is 5.97 Å². The molecule has 0 radical (unpaired) electrons. The Kier molecular flexibility index (Phi) is 1.40. The Labute approximate surface area is 69.0 Å². The Bertz CT molecular complexity index is 358. The molecular formula is C9H7FO2. The van der Waals surface area contributed by atoms with Gasteiger partial charge in [-0.3, -0.25) is 0 Å². The summed E-state index contributed by atoms with van der Waals surface area (Å²) in [5.41, 5.74) is 1.56. The highest BCUT2D eigenvalue weighted by Gasteiger charge is 2.25. The molecule has 1 aromatic carbocycles. The first-order valence-corrected chi connectivity index (χ1v) is 3.65. The molecular weight excluding hydrogens is 159 g/mol. The molecule has 0 fully saturated rings. The molecule has 0 aliphatic carbocycles. The standard InChI is InChI=1S/C9H7FO2/c1-5-2-3-7(10)6-4-12-9(11)8(5)6/h2-3H,4H2,1H3. The summed E-state index contributed by atoms with van der Waals surface area (Å²) in [7, 11) is 0. The molecule has 0 saturated carbocycles. The molecule has 0 saturated heterocycles. The second kappa shape index (κ2) is 2.30. The fraction of sp³-hybridized carbons (Fsp3) is 0.222. The Hall–Kier alpha value is -1.38. The minimum atomic E-state index is -0.415. The Morgan fingerprint density at radius 3 is 2.92 bits per heavy atom. The zero-order chi connectivity index (χ0) is 8.72. The summed E-state index contributed by atoms with van der Waals surface area (Å²) >= 11 is 0. The van der Waals surface area contributed by atoms with Crippen molar-refractivity contribution in [1.82, 2.24) is 0 Å². The average Bonchev–Trinajstić information content (AvgIpc) is 2.42. The number of cyclic esters (lactones) is 1. The van der Waals surface area contributed by atoms with Crippen molar-refractivity contribution in [3.8, 4) is 0 Å². The molecule has 3 heteroatoms. The van der Waals surface area contributed by atoms with Gasteiger partial charge in [0.2, 0.25) is 0 Å². The molecule has 0 atom stereocenters. The van der Waals surface area contributed by atoms with Crippen molar-refractivity contribution in [1.29, 1.82) is 0 Å². The van der Waals surface area contributed by atoms with Crippen LogP contribution in [-0.4, -0.2) is 5.97 Å². The van der Waals surface area contributed by atoms with Crippen molar-refractivity contribution in [2.24, 2.45) is 0 Å². The summed E-state index contributed by atoms with van der Waals surface area (Å²) in [6.07, 6.45) is 0. The Morgan fingerprint density at radius 2 is 2.25 bits per heavy atom. The lowest BCUT2D eigenvalue weighted by Crippen LogP contribution is -1.97. The number of esters is 1. The van der Waals surface area contributed by atoms with Gasteiger partial charge in [-0.1, -0.05) is 6.07 Å². The summed E-state index contributed by atoms with van der Waals surface area (Å²) in [4.78, 5) is 11.0. The van der Waals surface area contributed by atoms with Crippen molar-refractivity contribution in [2.75, 3.05) is 0 Å². The summed E-state index contributed by atoms with van der Waals surface area (Å²) in [6, 6.07) is 2.94. The van der Waals surface area contributed by atoms with Gasteiger partial charge in [0.15, 0.2) is 0 Å². The van der Waals surface area contributed by atoms with E-state index in [1.165, 1.54) is 6.07 Å². The van der Waals surface area contributed by atoms with Crippen LogP contribution >= 0.6 is 0 Å². The first-order valence-electron chi connectivity index (χ1n) is 3.65. The SMILES string of the molecule is Cc1ccc(F)c2c1C(=O)OC2. The lowest BCUT2D eigenvalue weighted by molar-refractivity contribution is 0.0533. The average molecular weight is 166 g/mol. The second-order valence-corrected chi connectivity index (χ2v) is 2.79. The molecule has 0 spiro atoms. The number of hydrogen-bond acceptors (Lipinski definition) is 2. The van der Waals surface area contributed by atoms with Gasteiger partial charge in [-0.15, -0.1) is 0 Å². The summed E-state index contributed by atoms with van der Waals surface area (Å²) in [5.74, 6) is -0.775. The van der Waals surface area contributed by atoms with Gasteiger partial charge < -0.3 is 4.74 Å². The number of halogens is 1. The van der Waals surface area contributed by atoms with Crippen LogP contribution in [0.25, 0.3) is 0 Å². The van der Waals surface area contributed by atoms with Crippen molar-refractivity contribution in [3.05, 3.63) is 34.6 Å². The van der Waals surface area contributed by atoms with Gasteiger partial charge in [-0.25, -0.2) is 9.18 Å². The molecule has 62 valence electrons. The number of carbonyl (C=O) groups excluding carboxylic acids is 1. The second-order valence-electron chi connectivity index (χ2n) is 2.79. The fourth-order valence-corrected chi connectivity index (χ4v) is 1.37. The highest BCUT2D eigenvalue weighted by molar-refractivity contribution is 5.94. The van der Waals surface area contributed by atoms with Gasteiger partial charge in [0.25, 0.3) is 0 Å². The molecule has 1 aliphatic heterocycles. The number of fused-ring (bicyclic) bond motifs is 1. The smallest absolute Gasteiger partial charge is 0.339 e. The van der Waals surface area contributed by atoms with Gasteiger partial charge in [-0.05, 0) is 18.6 Å². The minimum absolute atomic E-state index is 0.0711. The topological polar surface area (TPSA) is 26.3 Å². The number of ether oxygens (including phenoxy) is 1. The van der Waals surface area contributed by atoms with E-state index in [1.54, 1.807) is 13.0 Å². The van der Waals surface area contributed by atoms with Crippen LogP contribution in [0, 0.1) is 12.7 Å². The first kappa shape index (κ1) is 7.28. The van der Waals surface area contributed by atoms with Gasteiger partial charge in [0.1, 0.15) is 12.4 Å². The molecule has 0 unspecified atom stereocenters. The van der Waals surface area contributed by atoms with Crippen molar-refractivity contribution in [3.63, 3.8) is 0 Å². The lowest BCUT2D eigenvalue weighted by Gasteiger charge is -1.98. The van der Waals surface area contributed by atoms with Crippen LogP contribution in [0.1, 0.15) is 21.5 Å². The third kappa shape index (κ3) is 0.826. The Balaban J connectivity index is 2.72. The minimum Gasteiger partial charge on any atom is -0.457 e. The van der Waals surface area contributed by atoms with E-state index in [2.05, 4.69) is 0 Å². The summed E-state index contributed by atoms with van der Waals surface area (Å²) in [6.45, 7) is 1.84. The number of hydrogen-bond donors (Lipinski definition) is 0. The van der Waals surface area contributed by atoms with Crippen molar-refractivity contribution in [2.45, 2.75) is 13.5 Å². The monoisotopic (exact) mass is 166 g/mol. The highest BCUT2D eigenvalue weighted by Crippen LogP contribution is 2.25. The third-order valence-electron chi connectivity index (χ3n) is 2.02. The van der Waals surface area contributed by atoms with Crippen LogP contribution in [0.4, 0.5) is 4.39 Å². The largest absolute Gasteiger partial charge is 0.457 e. The number of benzene rings is 1. The molecule has 2 rings (SSSR count). The normalized spacial score (nSPS) is 14.3. The summed E-state index contributed by atoms with van der Waals surface area (Å²) in [5, 5.41) is 0. The molecule has 12 heavy (non-hydrogen) atoms. The van der Waals surface area contributed by atoms with E-state index in [0.717, 1.165) is 5.56 Å². The van der Waals surface area contributed by atoms with Gasteiger partial charge in [-0.2, -0.15) is 0 Å². The van der Waals surface area contributed by atoms with Crippen LogP contribution in [0.15, 0.2) is 12.1 Å². The maximum Gasteiger partial charge on any atom is 0.339 e. The van der Waals surface area contributed by atoms with Crippen LogP contribution < -0.4 is 0 Å². The van der Waals surface area contributed by atoms with Crippen molar-refractivity contribution < 1.29 is 13.9 Å². The number of aryl methyl sites for hydroxylation is 1. The molecule has 2 nitrogen and oxygen atoms in total. The van der Waals surface area contributed by atoms with Gasteiger partial charge in [0, 0.05) is 5.56 Å². The van der Waals surface area contributed by atoms with Crippen LogP contribution in [0.2, 0.25) is 0 Å². The lowest BCUT2D eigenvalue weighted by atomic mass is 10.0. The number of rotatable bonds is 0. The molecule has 1 aliphatic rings. The van der Waals surface area contributed by atoms with E-state index in [4.69, 9.17) is 4.74 Å². The summed E-state index contributed by atoms with van der Waals surface area (Å²) < 4.78 is 17.7. The molecule has 0 aromatic heterocycles. The molecule has 0 N–H and O–H groups in total. The molecule has 1 heterocycles. The fourth-order valence-electron chi connectivity index (χ4n) is 1.37. The molecule has 0 amide bonds. The zero-order valence-electron chi connectivity index (χ0n) is 6.56.